The zero-order valence-corrected chi connectivity index (χ0v) is 17.8. The summed E-state index contributed by atoms with van der Waals surface area (Å²) in [7, 11) is 0. The molecule has 27 heavy (non-hydrogen) atoms. The fourth-order valence-corrected chi connectivity index (χ4v) is 15.4. The van der Waals surface area contributed by atoms with Gasteiger partial charge in [0.25, 0.3) is 0 Å². The number of benzene rings is 3. The first kappa shape index (κ1) is 18.1. The van der Waals surface area contributed by atoms with Gasteiger partial charge in [0.15, 0.2) is 0 Å². The van der Waals surface area contributed by atoms with E-state index < -0.39 is 20.3 Å². The van der Waals surface area contributed by atoms with Crippen LogP contribution in [0, 0.1) is 0 Å². The summed E-state index contributed by atoms with van der Waals surface area (Å²) in [6.45, 7) is 0. The molecule has 134 valence electrons. The van der Waals surface area contributed by atoms with Crippen molar-refractivity contribution < 1.29 is 20.3 Å². The fourth-order valence-electron chi connectivity index (χ4n) is 3.95. The van der Waals surface area contributed by atoms with Crippen molar-refractivity contribution in [3.8, 4) is 0 Å². The summed E-state index contributed by atoms with van der Waals surface area (Å²) in [6, 6.07) is 32.8. The van der Waals surface area contributed by atoms with Crippen molar-refractivity contribution in [2.24, 2.45) is 0 Å². The Morgan fingerprint density at radius 1 is 0.593 bits per heavy atom. The predicted molar refractivity (Wildman–Crippen MR) is 109 cm³/mol. The van der Waals surface area contributed by atoms with Crippen LogP contribution in [0.3, 0.4) is 0 Å². The average Bonchev–Trinajstić information content (AvgIpc) is 3.26. The topological polar surface area (TPSA) is 28.7 Å². The molecule has 1 heterocycles. The number of imidazole rings is 1. The first-order valence-electron chi connectivity index (χ1n) is 9.46. The van der Waals surface area contributed by atoms with E-state index in [1.165, 1.54) is 20.2 Å². The molecule has 0 unspecified atom stereocenters. The maximum atomic E-state index is 4.82. The van der Waals surface area contributed by atoms with Crippen molar-refractivity contribution in [1.29, 1.82) is 0 Å². The molecule has 1 aromatic heterocycles. The Morgan fingerprint density at radius 2 is 1.00 bits per heavy atom. The third kappa shape index (κ3) is 4.54. The van der Waals surface area contributed by atoms with Crippen LogP contribution in [0.15, 0.2) is 103 Å². The molecule has 0 spiro atoms. The molecule has 2 nitrogen and oxygen atoms in total. The van der Waals surface area contributed by atoms with E-state index in [2.05, 4.69) is 96.0 Å². The van der Waals surface area contributed by atoms with Crippen LogP contribution in [-0.4, -0.2) is 9.97 Å². The van der Waals surface area contributed by atoms with E-state index in [0.29, 0.717) is 0 Å². The normalized spacial score (nSPS) is 11.4. The van der Waals surface area contributed by atoms with Crippen LogP contribution in [0.4, 0.5) is 0 Å². The molecule has 3 heteroatoms. The Kier molecular flexibility index (Phi) is 5.79. The van der Waals surface area contributed by atoms with Gasteiger partial charge in [0.2, 0.25) is 0 Å². The number of H-pyrrole nitrogens is 1. The molecule has 3 aromatic carbocycles. The van der Waals surface area contributed by atoms with E-state index >= 15 is 0 Å². The molecule has 0 bridgehead atoms. The Morgan fingerprint density at radius 3 is 1.33 bits per heavy atom. The van der Waals surface area contributed by atoms with E-state index in [1.54, 1.807) is 0 Å². The minimum atomic E-state index is -2.97. The molecule has 0 aliphatic carbocycles. The fraction of sp³-hybridized carbons (Fsp3) is 0.125. The molecule has 0 saturated heterocycles. The van der Waals surface area contributed by atoms with Gasteiger partial charge in [-0.3, -0.25) is 0 Å². The summed E-state index contributed by atoms with van der Waals surface area (Å²) in [5, 5.41) is 0. The predicted octanol–water partition coefficient (Wildman–Crippen LogP) is 4.79. The number of aromatic nitrogens is 2. The Labute approximate surface area is 165 Å². The Hall–Kier alpha value is -2.25. The molecule has 0 aliphatic rings. The summed E-state index contributed by atoms with van der Waals surface area (Å²) in [5.74, 6) is 0. The third-order valence-electron chi connectivity index (χ3n) is 5.16. The van der Waals surface area contributed by atoms with Gasteiger partial charge < -0.3 is 0 Å². The Balaban J connectivity index is 1.79. The molecule has 0 atom stereocenters. The van der Waals surface area contributed by atoms with Crippen molar-refractivity contribution in [2.75, 3.05) is 0 Å². The second-order valence-corrected chi connectivity index (χ2v) is 17.3. The molecule has 4 aromatic rings. The third-order valence-corrected chi connectivity index (χ3v) is 16.3. The van der Waals surface area contributed by atoms with Crippen molar-refractivity contribution in [3.63, 3.8) is 0 Å². The average molecular weight is 432 g/mol. The van der Waals surface area contributed by atoms with Gasteiger partial charge in [-0.2, -0.15) is 0 Å². The zero-order chi connectivity index (χ0) is 18.4. The quantitative estimate of drug-likeness (QED) is 0.448. The first-order chi connectivity index (χ1) is 13.3. The summed E-state index contributed by atoms with van der Waals surface area (Å²) in [4.78, 5) is 8.34. The van der Waals surface area contributed by atoms with E-state index in [0.717, 1.165) is 12.4 Å². The van der Waals surface area contributed by atoms with Gasteiger partial charge in [0, 0.05) is 0 Å². The van der Waals surface area contributed by atoms with Crippen LogP contribution in [0.2, 0.25) is 0 Å². The van der Waals surface area contributed by atoms with Gasteiger partial charge in [0.1, 0.15) is 0 Å². The van der Waals surface area contributed by atoms with Crippen LogP contribution in [0.25, 0.3) is 0 Å². The van der Waals surface area contributed by atoms with Gasteiger partial charge >= 0.3 is 166 Å². The molecule has 1 N–H and O–H groups in total. The molecule has 0 amide bonds. The molecular weight excluding hydrogens is 408 g/mol. The van der Waals surface area contributed by atoms with Crippen molar-refractivity contribution in [1.82, 2.24) is 9.97 Å². The molecule has 0 aliphatic heterocycles. The summed E-state index contributed by atoms with van der Waals surface area (Å²) in [5.41, 5.74) is 4.28. The monoisotopic (exact) mass is 430 g/mol. The number of aromatic amines is 1. The van der Waals surface area contributed by atoms with Gasteiger partial charge in [-0.15, -0.1) is 0 Å². The Bertz CT molecular complexity index is 834. The standard InChI is InChI=1S/3C7H7.C3H3N2.Zr/c3*1-7-5-3-2-4-6-7;1-2-5-3-4-1;/h3*2-6H,1H2;1-2H,(H,4,5);. The molecule has 4 rings (SSSR count). The van der Waals surface area contributed by atoms with E-state index in [9.17, 15) is 0 Å². The van der Waals surface area contributed by atoms with E-state index in [4.69, 9.17) is 4.98 Å². The van der Waals surface area contributed by atoms with Gasteiger partial charge in [-0.25, -0.2) is 0 Å². The van der Waals surface area contributed by atoms with Gasteiger partial charge in [-0.05, 0) is 0 Å². The van der Waals surface area contributed by atoms with E-state index in [-0.39, 0.29) is 0 Å². The van der Waals surface area contributed by atoms with Crippen molar-refractivity contribution in [2.45, 2.75) is 12.4 Å². The van der Waals surface area contributed by atoms with Crippen LogP contribution in [-0.2, 0) is 32.7 Å². The summed E-state index contributed by atoms with van der Waals surface area (Å²) in [6.07, 6.45) is 3.91. The van der Waals surface area contributed by atoms with E-state index in [1.807, 2.05) is 12.4 Å². The summed E-state index contributed by atoms with van der Waals surface area (Å²) >= 11 is -2.97. The number of nitrogens with zero attached hydrogens (tertiary/aromatic N) is 1. The summed E-state index contributed by atoms with van der Waals surface area (Å²) < 4.78 is 4.70. The number of rotatable bonds is 7. The van der Waals surface area contributed by atoms with Crippen LogP contribution >= 0.6 is 0 Å². The SMILES string of the molecule is c1ccc([CH2][Zr]([CH2]c2ccccc2)([CH2]c2ccccc2)[c]2ncc[nH]2)cc1. The van der Waals surface area contributed by atoms with Gasteiger partial charge in [-0.1, -0.05) is 0 Å². The van der Waals surface area contributed by atoms with Crippen LogP contribution < -0.4 is 3.53 Å². The number of nitrogens with one attached hydrogen (secondary N) is 1. The van der Waals surface area contributed by atoms with Crippen LogP contribution in [0.1, 0.15) is 16.7 Å². The molecule has 0 fully saturated rings. The second kappa shape index (κ2) is 8.63. The van der Waals surface area contributed by atoms with Crippen molar-refractivity contribution in [3.05, 3.63) is 120 Å². The molecule has 0 radical (unpaired) electrons. The molecule has 0 saturated carbocycles. The zero-order valence-electron chi connectivity index (χ0n) is 15.4. The minimum absolute atomic E-state index is 1.15. The first-order valence-corrected chi connectivity index (χ1v) is 15.9. The number of hydrogen-bond donors (Lipinski definition) is 1. The maximum absolute atomic E-state index is 4.82. The molecular formula is C24H24N2Zr. The van der Waals surface area contributed by atoms with Crippen molar-refractivity contribution >= 4 is 3.53 Å². The van der Waals surface area contributed by atoms with Crippen LogP contribution in [0.5, 0.6) is 0 Å². The second-order valence-electron chi connectivity index (χ2n) is 7.21. The number of hydrogen-bond acceptors (Lipinski definition) is 1. The van der Waals surface area contributed by atoms with Gasteiger partial charge in [0.05, 0.1) is 0 Å².